The van der Waals surface area contributed by atoms with E-state index >= 15 is 0 Å². The number of anilines is 1. The Bertz CT molecular complexity index is 1820. The second-order valence-corrected chi connectivity index (χ2v) is 14.3. The highest BCUT2D eigenvalue weighted by atomic mass is 79.9. The van der Waals surface area contributed by atoms with Gasteiger partial charge in [0.25, 0.3) is 0 Å². The van der Waals surface area contributed by atoms with Crippen LogP contribution in [0.4, 0.5) is 10.1 Å². The summed E-state index contributed by atoms with van der Waals surface area (Å²) in [7, 11) is 0. The topological polar surface area (TPSA) is 93.6 Å². The second-order valence-electron chi connectivity index (χ2n) is 11.6. The van der Waals surface area contributed by atoms with Crippen molar-refractivity contribution < 1.29 is 28.3 Å². The van der Waals surface area contributed by atoms with Gasteiger partial charge in [-0.1, -0.05) is 55.6 Å². The lowest BCUT2D eigenvalue weighted by atomic mass is 9.81. The molecule has 5 unspecified atom stereocenters. The van der Waals surface area contributed by atoms with Gasteiger partial charge in [-0.2, -0.15) is 0 Å². The van der Waals surface area contributed by atoms with Crippen molar-refractivity contribution in [1.29, 1.82) is 0 Å². The number of alkyl halides is 3. The largest absolute Gasteiger partial charge is 0.450 e. The number of hydrogen-bond acceptors (Lipinski definition) is 6. The van der Waals surface area contributed by atoms with Crippen LogP contribution in [0.3, 0.4) is 0 Å². The maximum Gasteiger partial charge on any atom is 0.339 e. The van der Waals surface area contributed by atoms with Gasteiger partial charge in [-0.25, -0.2) is 14.2 Å². The molecule has 0 bridgehead atoms. The van der Waals surface area contributed by atoms with Gasteiger partial charge in [0, 0.05) is 38.5 Å². The summed E-state index contributed by atoms with van der Waals surface area (Å²) in [4.78, 5) is 59.8. The molecule has 236 valence electrons. The van der Waals surface area contributed by atoms with Crippen LogP contribution in [0.25, 0.3) is 22.2 Å². The number of carbonyl (C=O) groups excluding carboxylic acids is 4. The Morgan fingerprint density at radius 3 is 2.20 bits per heavy atom. The van der Waals surface area contributed by atoms with Crippen molar-refractivity contribution in [3.8, 4) is 11.3 Å². The molecule has 3 aromatic carbocycles. The molecule has 6 rings (SSSR count). The SMILES string of the molecule is Cc1ccc2nc(-c3ccc(N4C(=O)C5CC(Br)C(Br)CC5C4=O)cc3)cc(C(=O)OC(CCCl)C(=O)c3ccc(F)cc3)c2c1. The lowest BCUT2D eigenvalue weighted by Gasteiger charge is -2.29. The number of Topliss-reactive ketones (excluding diaryl/α,β-unsaturated/α-hetero) is 1. The van der Waals surface area contributed by atoms with Gasteiger partial charge < -0.3 is 4.74 Å². The van der Waals surface area contributed by atoms with Crippen molar-refractivity contribution in [2.75, 3.05) is 10.8 Å². The van der Waals surface area contributed by atoms with E-state index in [1.54, 1.807) is 36.4 Å². The van der Waals surface area contributed by atoms with E-state index in [0.717, 1.165) is 5.56 Å². The van der Waals surface area contributed by atoms with Gasteiger partial charge in [0.15, 0.2) is 6.10 Å². The van der Waals surface area contributed by atoms with Crippen molar-refractivity contribution >= 4 is 83.6 Å². The Morgan fingerprint density at radius 1 is 0.957 bits per heavy atom. The summed E-state index contributed by atoms with van der Waals surface area (Å²) < 4.78 is 19.2. The third kappa shape index (κ3) is 6.27. The third-order valence-electron chi connectivity index (χ3n) is 8.56. The van der Waals surface area contributed by atoms with Crippen LogP contribution in [-0.4, -0.2) is 50.2 Å². The molecule has 0 N–H and O–H groups in total. The fraction of sp³-hybridized carbons (Fsp3) is 0.286. The quantitative estimate of drug-likeness (QED) is 0.0786. The number of carbonyl (C=O) groups is 4. The number of aromatic nitrogens is 1. The summed E-state index contributed by atoms with van der Waals surface area (Å²) in [6.45, 7) is 1.89. The molecule has 2 amide bonds. The average molecular weight is 771 g/mol. The van der Waals surface area contributed by atoms with Gasteiger partial charge >= 0.3 is 5.97 Å². The Morgan fingerprint density at radius 2 is 1.59 bits per heavy atom. The maximum atomic E-state index is 13.7. The molecule has 1 saturated carbocycles. The van der Waals surface area contributed by atoms with Crippen molar-refractivity contribution in [3.63, 3.8) is 0 Å². The van der Waals surface area contributed by atoms with Crippen LogP contribution in [0.5, 0.6) is 0 Å². The Kier molecular flexibility index (Phi) is 9.41. The van der Waals surface area contributed by atoms with E-state index in [1.807, 2.05) is 19.1 Å². The van der Waals surface area contributed by atoms with Gasteiger partial charge in [0.05, 0.1) is 34.3 Å². The van der Waals surface area contributed by atoms with E-state index in [4.69, 9.17) is 21.3 Å². The predicted molar refractivity (Wildman–Crippen MR) is 181 cm³/mol. The van der Waals surface area contributed by atoms with E-state index in [9.17, 15) is 23.6 Å². The number of ether oxygens (including phenoxy) is 1. The summed E-state index contributed by atoms with van der Waals surface area (Å²) in [6, 6.07) is 19.0. The Labute approximate surface area is 286 Å². The first kappa shape index (κ1) is 32.5. The third-order valence-corrected chi connectivity index (χ3v) is 11.5. The number of amides is 2. The molecular formula is C35H28Br2ClFN2O5. The summed E-state index contributed by atoms with van der Waals surface area (Å²) in [5.74, 6) is -2.75. The second kappa shape index (κ2) is 13.3. The number of halogens is 4. The van der Waals surface area contributed by atoms with Gasteiger partial charge in [0.2, 0.25) is 17.6 Å². The number of aryl methyl sites for hydroxylation is 1. The van der Waals surface area contributed by atoms with Gasteiger partial charge in [-0.05, 0) is 74.4 Å². The van der Waals surface area contributed by atoms with Gasteiger partial charge in [-0.3, -0.25) is 19.3 Å². The van der Waals surface area contributed by atoms with Crippen LogP contribution in [0.1, 0.15) is 45.5 Å². The number of esters is 1. The number of nitrogens with zero attached hydrogens (tertiary/aromatic N) is 2. The minimum Gasteiger partial charge on any atom is -0.450 e. The maximum absolute atomic E-state index is 13.7. The standard InChI is InChI=1S/C35H28Br2ClFN2O5/c1-18-2-11-29-23(14-18)26(35(45)46-31(12-13-38)32(42)20-3-7-21(39)8-4-20)17-30(40-29)19-5-9-22(10-6-19)41-33(43)24-15-27(36)28(37)16-25(24)34(41)44/h2-11,14,17,24-25,27-28,31H,12-13,15-16H2,1H3. The van der Waals surface area contributed by atoms with E-state index < -0.39 is 23.7 Å². The summed E-state index contributed by atoms with van der Waals surface area (Å²) in [5, 5.41) is 0.551. The monoisotopic (exact) mass is 768 g/mol. The predicted octanol–water partition coefficient (Wildman–Crippen LogP) is 7.81. The molecule has 4 aromatic rings. The number of ketones is 1. The lowest BCUT2D eigenvalue weighted by Crippen LogP contribution is -2.34. The van der Waals surface area contributed by atoms with Crippen LogP contribution in [0.15, 0.2) is 72.8 Å². The minimum atomic E-state index is -1.18. The van der Waals surface area contributed by atoms with Crippen LogP contribution in [0, 0.1) is 24.6 Å². The molecule has 7 nitrogen and oxygen atoms in total. The number of hydrogen-bond donors (Lipinski definition) is 0. The van der Waals surface area contributed by atoms with E-state index in [1.165, 1.54) is 29.2 Å². The number of rotatable bonds is 8. The molecule has 2 fully saturated rings. The molecule has 0 radical (unpaired) electrons. The van der Waals surface area contributed by atoms with Crippen molar-refractivity contribution in [2.45, 2.75) is 41.9 Å². The van der Waals surface area contributed by atoms with E-state index in [0.29, 0.717) is 40.7 Å². The summed E-state index contributed by atoms with van der Waals surface area (Å²) in [5.41, 5.74) is 3.45. The average Bonchev–Trinajstić information content (AvgIpc) is 3.28. The number of benzene rings is 3. The fourth-order valence-electron chi connectivity index (χ4n) is 6.12. The Hall–Kier alpha value is -3.47. The first-order valence-electron chi connectivity index (χ1n) is 14.8. The smallest absolute Gasteiger partial charge is 0.339 e. The highest BCUT2D eigenvalue weighted by molar-refractivity contribution is 9.12. The Balaban J connectivity index is 1.30. The minimum absolute atomic E-state index is 0.0651. The first-order chi connectivity index (χ1) is 22.0. The zero-order valence-corrected chi connectivity index (χ0v) is 28.5. The molecule has 1 aliphatic carbocycles. The summed E-state index contributed by atoms with van der Waals surface area (Å²) in [6.07, 6.45) is 0.0631. The first-order valence-corrected chi connectivity index (χ1v) is 17.2. The van der Waals surface area contributed by atoms with Gasteiger partial charge in [-0.15, -0.1) is 11.6 Å². The van der Waals surface area contributed by atoms with Crippen LogP contribution < -0.4 is 4.90 Å². The van der Waals surface area contributed by atoms with Crippen molar-refractivity contribution in [1.82, 2.24) is 4.98 Å². The molecule has 0 spiro atoms. The fourth-order valence-corrected chi connectivity index (χ4v) is 7.56. The molecule has 2 aliphatic rings. The highest BCUT2D eigenvalue weighted by Gasteiger charge is 2.52. The lowest BCUT2D eigenvalue weighted by molar-refractivity contribution is -0.122. The number of imide groups is 1. The van der Waals surface area contributed by atoms with Crippen LogP contribution in [0.2, 0.25) is 0 Å². The van der Waals surface area contributed by atoms with Crippen molar-refractivity contribution in [2.24, 2.45) is 11.8 Å². The number of pyridine rings is 1. The number of fused-ring (bicyclic) bond motifs is 2. The molecular weight excluding hydrogens is 743 g/mol. The molecule has 1 aromatic heterocycles. The molecule has 5 atom stereocenters. The molecule has 1 aliphatic heterocycles. The summed E-state index contributed by atoms with van der Waals surface area (Å²) >= 11 is 13.2. The van der Waals surface area contributed by atoms with Crippen LogP contribution in [-0.2, 0) is 14.3 Å². The molecule has 1 saturated heterocycles. The molecule has 46 heavy (non-hydrogen) atoms. The zero-order chi connectivity index (χ0) is 32.7. The van der Waals surface area contributed by atoms with Gasteiger partial charge in [0.1, 0.15) is 5.82 Å². The van der Waals surface area contributed by atoms with Crippen LogP contribution >= 0.6 is 43.5 Å². The van der Waals surface area contributed by atoms with E-state index in [2.05, 4.69) is 31.9 Å². The highest BCUT2D eigenvalue weighted by Crippen LogP contribution is 2.44. The zero-order valence-electron chi connectivity index (χ0n) is 24.6. The normalized spacial score (nSPS) is 21.7. The van der Waals surface area contributed by atoms with Crippen molar-refractivity contribution in [3.05, 3.63) is 95.3 Å². The molecule has 2 heterocycles. The van der Waals surface area contributed by atoms with E-state index in [-0.39, 0.29) is 56.7 Å². The molecule has 11 heteroatoms.